The number of hydrogen-bond acceptors (Lipinski definition) is 5. The SMILES string of the molecule is CCOc1cc(CNCCCNCCO)c(Br)cc1OCc1c(Cl)cccc1Cl. The van der Waals surface area contributed by atoms with Crippen LogP contribution in [0.4, 0.5) is 0 Å². The van der Waals surface area contributed by atoms with Crippen molar-refractivity contribution in [2.24, 2.45) is 0 Å². The van der Waals surface area contributed by atoms with E-state index in [0.717, 1.165) is 35.1 Å². The first kappa shape index (κ1) is 24.3. The van der Waals surface area contributed by atoms with E-state index < -0.39 is 0 Å². The number of hydrogen-bond donors (Lipinski definition) is 3. The molecule has 29 heavy (non-hydrogen) atoms. The fourth-order valence-corrected chi connectivity index (χ4v) is 3.65. The Morgan fingerprint density at radius 1 is 1.00 bits per heavy atom. The highest BCUT2D eigenvalue weighted by Crippen LogP contribution is 2.35. The van der Waals surface area contributed by atoms with Gasteiger partial charge < -0.3 is 25.2 Å². The van der Waals surface area contributed by atoms with E-state index in [1.165, 1.54) is 0 Å². The summed E-state index contributed by atoms with van der Waals surface area (Å²) in [4.78, 5) is 0. The first-order valence-corrected chi connectivity index (χ1v) is 11.1. The standard InChI is InChI=1S/C21H27BrCl2N2O3/c1-2-28-20-11-15(13-26-8-4-7-25-9-10-27)17(22)12-21(20)29-14-16-18(23)5-3-6-19(16)24/h3,5-6,11-12,25-27H,2,4,7-10,13-14H2,1H3. The smallest absolute Gasteiger partial charge is 0.162 e. The van der Waals surface area contributed by atoms with E-state index in [2.05, 4.69) is 26.6 Å². The molecular weight excluding hydrogens is 479 g/mol. The second kappa shape index (κ2) is 13.3. The highest BCUT2D eigenvalue weighted by Gasteiger charge is 2.13. The van der Waals surface area contributed by atoms with Gasteiger partial charge in [0.1, 0.15) is 6.61 Å². The summed E-state index contributed by atoms with van der Waals surface area (Å²) in [7, 11) is 0. The van der Waals surface area contributed by atoms with Crippen molar-refractivity contribution in [3.8, 4) is 11.5 Å². The number of nitrogens with one attached hydrogen (secondary N) is 2. The predicted octanol–water partition coefficient (Wildman–Crippen LogP) is 4.80. The van der Waals surface area contributed by atoms with Gasteiger partial charge in [0.05, 0.1) is 13.2 Å². The molecule has 160 valence electrons. The third-order valence-corrected chi connectivity index (χ3v) is 5.60. The van der Waals surface area contributed by atoms with Crippen LogP contribution in [0.5, 0.6) is 11.5 Å². The Labute approximate surface area is 190 Å². The first-order valence-electron chi connectivity index (χ1n) is 9.60. The van der Waals surface area contributed by atoms with Gasteiger partial charge >= 0.3 is 0 Å². The summed E-state index contributed by atoms with van der Waals surface area (Å²) in [5, 5.41) is 16.5. The molecule has 2 aromatic rings. The lowest BCUT2D eigenvalue weighted by Crippen LogP contribution is -2.24. The number of halogens is 3. The molecule has 5 nitrogen and oxygen atoms in total. The molecule has 8 heteroatoms. The van der Waals surface area contributed by atoms with Crippen molar-refractivity contribution in [1.82, 2.24) is 10.6 Å². The largest absolute Gasteiger partial charge is 0.490 e. The fourth-order valence-electron chi connectivity index (χ4n) is 2.68. The Kier molecular flexibility index (Phi) is 11.1. The average Bonchev–Trinajstić information content (AvgIpc) is 2.69. The summed E-state index contributed by atoms with van der Waals surface area (Å²) in [6, 6.07) is 9.28. The zero-order chi connectivity index (χ0) is 21.1. The van der Waals surface area contributed by atoms with Crippen molar-refractivity contribution in [2.75, 3.05) is 32.8 Å². The summed E-state index contributed by atoms with van der Waals surface area (Å²) in [5.41, 5.74) is 1.83. The van der Waals surface area contributed by atoms with Crippen LogP contribution in [0.3, 0.4) is 0 Å². The predicted molar refractivity (Wildman–Crippen MR) is 122 cm³/mol. The van der Waals surface area contributed by atoms with E-state index in [1.54, 1.807) is 18.2 Å². The van der Waals surface area contributed by atoms with Gasteiger partial charge in [-0.3, -0.25) is 0 Å². The lowest BCUT2D eigenvalue weighted by atomic mass is 10.2. The molecule has 0 aliphatic rings. The molecule has 2 aromatic carbocycles. The van der Waals surface area contributed by atoms with Gasteiger partial charge in [-0.15, -0.1) is 0 Å². The number of aliphatic hydroxyl groups is 1. The van der Waals surface area contributed by atoms with Gasteiger partial charge in [-0.1, -0.05) is 45.2 Å². The van der Waals surface area contributed by atoms with Crippen LogP contribution in [0.1, 0.15) is 24.5 Å². The van der Waals surface area contributed by atoms with Crippen LogP contribution in [0.15, 0.2) is 34.8 Å². The molecule has 0 atom stereocenters. The maximum Gasteiger partial charge on any atom is 0.162 e. The third kappa shape index (κ3) is 7.96. The quantitative estimate of drug-likeness (QED) is 0.341. The second-order valence-corrected chi connectivity index (χ2v) is 7.98. The van der Waals surface area contributed by atoms with Crippen LogP contribution in [0.2, 0.25) is 10.0 Å². The average molecular weight is 506 g/mol. The summed E-state index contributed by atoms with van der Waals surface area (Å²) in [6.07, 6.45) is 0.982. The van der Waals surface area contributed by atoms with E-state index in [4.69, 9.17) is 37.8 Å². The van der Waals surface area contributed by atoms with Crippen molar-refractivity contribution >= 4 is 39.1 Å². The van der Waals surface area contributed by atoms with Crippen molar-refractivity contribution in [2.45, 2.75) is 26.5 Å². The molecule has 0 radical (unpaired) electrons. The zero-order valence-corrected chi connectivity index (χ0v) is 19.5. The molecule has 0 amide bonds. The summed E-state index contributed by atoms with van der Waals surface area (Å²) < 4.78 is 12.7. The molecular formula is C21H27BrCl2N2O3. The van der Waals surface area contributed by atoms with Gasteiger partial charge in [-0.25, -0.2) is 0 Å². The zero-order valence-electron chi connectivity index (χ0n) is 16.4. The molecule has 0 unspecified atom stereocenters. The third-order valence-electron chi connectivity index (χ3n) is 4.16. The van der Waals surface area contributed by atoms with Crippen molar-refractivity contribution in [3.05, 3.63) is 56.0 Å². The minimum Gasteiger partial charge on any atom is -0.490 e. The van der Waals surface area contributed by atoms with Crippen LogP contribution in [-0.2, 0) is 13.2 Å². The molecule has 0 spiro atoms. The van der Waals surface area contributed by atoms with Gasteiger partial charge in [0.2, 0.25) is 0 Å². The molecule has 0 heterocycles. The van der Waals surface area contributed by atoms with Crippen LogP contribution in [0.25, 0.3) is 0 Å². The Balaban J connectivity index is 1.99. The van der Waals surface area contributed by atoms with Crippen LogP contribution in [-0.4, -0.2) is 38.0 Å². The van der Waals surface area contributed by atoms with Gasteiger partial charge in [0.15, 0.2) is 11.5 Å². The molecule has 0 saturated heterocycles. The van der Waals surface area contributed by atoms with Gasteiger partial charge in [0, 0.05) is 33.2 Å². The maximum atomic E-state index is 8.75. The van der Waals surface area contributed by atoms with Crippen LogP contribution < -0.4 is 20.1 Å². The Bertz CT molecular complexity index is 758. The minimum absolute atomic E-state index is 0.164. The Hall–Kier alpha value is -1.02. The van der Waals surface area contributed by atoms with Crippen LogP contribution in [0, 0.1) is 0 Å². The van der Waals surface area contributed by atoms with E-state index >= 15 is 0 Å². The normalized spacial score (nSPS) is 10.9. The number of benzene rings is 2. The molecule has 0 aliphatic heterocycles. The minimum atomic E-state index is 0.164. The number of aliphatic hydroxyl groups excluding tert-OH is 1. The monoisotopic (exact) mass is 504 g/mol. The Morgan fingerprint density at radius 3 is 2.38 bits per heavy atom. The van der Waals surface area contributed by atoms with E-state index in [1.807, 2.05) is 19.1 Å². The second-order valence-electron chi connectivity index (χ2n) is 6.32. The molecule has 0 aromatic heterocycles. The van der Waals surface area contributed by atoms with Crippen molar-refractivity contribution in [3.63, 3.8) is 0 Å². The fraction of sp³-hybridized carbons (Fsp3) is 0.429. The highest BCUT2D eigenvalue weighted by atomic mass is 79.9. The van der Waals surface area contributed by atoms with Gasteiger partial charge in [-0.05, 0) is 56.3 Å². The summed E-state index contributed by atoms with van der Waals surface area (Å²) >= 11 is 16.1. The number of ether oxygens (including phenoxy) is 2. The topological polar surface area (TPSA) is 62.8 Å². The van der Waals surface area contributed by atoms with E-state index in [-0.39, 0.29) is 13.2 Å². The Morgan fingerprint density at radius 2 is 1.69 bits per heavy atom. The molecule has 0 saturated carbocycles. The van der Waals surface area contributed by atoms with Gasteiger partial charge in [0.25, 0.3) is 0 Å². The summed E-state index contributed by atoms with van der Waals surface area (Å²) in [6.45, 7) is 5.97. The molecule has 3 N–H and O–H groups in total. The molecule has 2 rings (SSSR count). The number of rotatable bonds is 13. The summed E-state index contributed by atoms with van der Waals surface area (Å²) in [5.74, 6) is 1.31. The van der Waals surface area contributed by atoms with E-state index in [9.17, 15) is 0 Å². The van der Waals surface area contributed by atoms with E-state index in [0.29, 0.717) is 41.2 Å². The van der Waals surface area contributed by atoms with Crippen molar-refractivity contribution in [1.29, 1.82) is 0 Å². The highest BCUT2D eigenvalue weighted by molar-refractivity contribution is 9.10. The lowest BCUT2D eigenvalue weighted by Gasteiger charge is -2.16. The maximum absolute atomic E-state index is 8.75. The van der Waals surface area contributed by atoms with Crippen molar-refractivity contribution < 1.29 is 14.6 Å². The molecule has 0 fully saturated rings. The van der Waals surface area contributed by atoms with Crippen LogP contribution >= 0.6 is 39.1 Å². The molecule has 0 bridgehead atoms. The van der Waals surface area contributed by atoms with Gasteiger partial charge in [-0.2, -0.15) is 0 Å². The lowest BCUT2D eigenvalue weighted by molar-refractivity contribution is 0.269. The molecule has 0 aliphatic carbocycles. The first-order chi connectivity index (χ1) is 14.1.